The Hall–Kier alpha value is -4.08. The number of hydrogen-bond donors (Lipinski definition) is 1. The summed E-state index contributed by atoms with van der Waals surface area (Å²) < 4.78 is 43.2. The van der Waals surface area contributed by atoms with E-state index < -0.39 is 6.36 Å². The van der Waals surface area contributed by atoms with Crippen molar-refractivity contribution >= 4 is 68.0 Å². The van der Waals surface area contributed by atoms with E-state index in [2.05, 4.69) is 46.3 Å². The van der Waals surface area contributed by atoms with E-state index in [-0.39, 0.29) is 22.5 Å². The molecule has 1 amide bonds. The van der Waals surface area contributed by atoms with Gasteiger partial charge in [0.2, 0.25) is 11.0 Å². The van der Waals surface area contributed by atoms with Gasteiger partial charge in [-0.3, -0.25) is 15.1 Å². The van der Waals surface area contributed by atoms with Crippen molar-refractivity contribution < 1.29 is 22.7 Å². The fourth-order valence-corrected chi connectivity index (χ4v) is 5.28. The number of alkyl halides is 3. The number of hydrogen-bond acceptors (Lipinski definition) is 7. The zero-order valence-electron chi connectivity index (χ0n) is 21.5. The molecular formula is C27H19BrF3N7O2S2. The summed E-state index contributed by atoms with van der Waals surface area (Å²) in [5.41, 5.74) is 6.42. The first kappa shape index (κ1) is 29.4. The van der Waals surface area contributed by atoms with E-state index in [1.807, 2.05) is 37.3 Å². The zero-order valence-corrected chi connectivity index (χ0v) is 24.8. The number of hydrazone groups is 1. The van der Waals surface area contributed by atoms with Crippen molar-refractivity contribution in [2.24, 2.45) is 10.1 Å². The largest absolute Gasteiger partial charge is 0.573 e. The van der Waals surface area contributed by atoms with Crippen molar-refractivity contribution in [3.63, 3.8) is 0 Å². The molecule has 0 atom stereocenters. The molecule has 0 unspecified atom stereocenters. The fourth-order valence-electron chi connectivity index (χ4n) is 3.79. The van der Waals surface area contributed by atoms with Crippen molar-refractivity contribution in [2.45, 2.75) is 13.3 Å². The second-order valence-corrected chi connectivity index (χ2v) is 10.9. The molecule has 214 valence electrons. The van der Waals surface area contributed by atoms with Crippen molar-refractivity contribution in [1.29, 1.82) is 0 Å². The molecule has 0 saturated carbocycles. The number of anilines is 1. The number of halogens is 4. The topological polar surface area (TPSA) is 97.0 Å². The number of ether oxygens (including phenoxy) is 1. The molecule has 3 aromatic carbocycles. The predicted octanol–water partition coefficient (Wildman–Crippen LogP) is 6.25. The van der Waals surface area contributed by atoms with Gasteiger partial charge in [-0.05, 0) is 82.6 Å². The summed E-state index contributed by atoms with van der Waals surface area (Å²) in [6.07, 6.45) is -1.73. The molecule has 42 heavy (non-hydrogen) atoms. The molecule has 9 nitrogen and oxygen atoms in total. The Morgan fingerprint density at radius 2 is 1.88 bits per heavy atom. The van der Waals surface area contributed by atoms with Crippen molar-refractivity contribution in [2.75, 3.05) is 10.7 Å². The van der Waals surface area contributed by atoms with E-state index in [4.69, 9.17) is 12.2 Å². The highest BCUT2D eigenvalue weighted by Crippen LogP contribution is 2.33. The van der Waals surface area contributed by atoms with E-state index >= 15 is 0 Å². The lowest BCUT2D eigenvalue weighted by molar-refractivity contribution is -0.274. The summed E-state index contributed by atoms with van der Waals surface area (Å²) in [4.78, 5) is 22.7. The molecule has 0 spiro atoms. The van der Waals surface area contributed by atoms with Gasteiger partial charge in [-0.1, -0.05) is 42.1 Å². The Labute approximate surface area is 255 Å². The van der Waals surface area contributed by atoms with Crippen LogP contribution in [0.25, 0.3) is 17.1 Å². The van der Waals surface area contributed by atoms with Crippen LogP contribution in [-0.2, 0) is 4.79 Å². The number of thioether (sulfide) groups is 1. The van der Waals surface area contributed by atoms with Gasteiger partial charge >= 0.3 is 6.36 Å². The summed E-state index contributed by atoms with van der Waals surface area (Å²) in [6, 6.07) is 18.2. The predicted molar refractivity (Wildman–Crippen MR) is 163 cm³/mol. The number of amidine groups is 1. The molecular weight excluding hydrogens is 655 g/mol. The molecule has 0 radical (unpaired) electrons. The van der Waals surface area contributed by atoms with Crippen LogP contribution in [0.3, 0.4) is 0 Å². The maximum Gasteiger partial charge on any atom is 0.573 e. The second kappa shape index (κ2) is 12.4. The Balaban J connectivity index is 1.20. The average Bonchev–Trinajstić information content (AvgIpc) is 3.57. The summed E-state index contributed by atoms with van der Waals surface area (Å²) in [6.45, 7) is 1.94. The van der Waals surface area contributed by atoms with Gasteiger partial charge in [-0.25, -0.2) is 9.67 Å². The molecule has 0 aliphatic carbocycles. The molecule has 5 rings (SSSR count). The summed E-state index contributed by atoms with van der Waals surface area (Å²) in [7, 11) is 0. The number of nitrogens with zero attached hydrogens (tertiary/aromatic N) is 6. The van der Waals surface area contributed by atoms with Crippen molar-refractivity contribution in [3.8, 4) is 22.8 Å². The normalized spacial score (nSPS) is 14.6. The van der Waals surface area contributed by atoms with E-state index in [0.29, 0.717) is 22.4 Å². The molecule has 1 N–H and O–H groups in total. The van der Waals surface area contributed by atoms with Crippen LogP contribution in [0.5, 0.6) is 5.75 Å². The lowest BCUT2D eigenvalue weighted by atomic mass is 10.1. The monoisotopic (exact) mass is 673 g/mol. The fraction of sp³-hybridized carbons (Fsp3) is 0.111. The van der Waals surface area contributed by atoms with Crippen LogP contribution in [0.2, 0.25) is 0 Å². The number of nitrogens with one attached hydrogen (secondary N) is 1. The van der Waals surface area contributed by atoms with Gasteiger partial charge in [-0.2, -0.15) is 10.1 Å². The van der Waals surface area contributed by atoms with Crippen LogP contribution >= 0.6 is 39.9 Å². The van der Waals surface area contributed by atoms with Crippen molar-refractivity contribution in [1.82, 2.24) is 20.2 Å². The van der Waals surface area contributed by atoms with Crippen LogP contribution in [0, 0.1) is 6.92 Å². The van der Waals surface area contributed by atoms with Crippen LogP contribution in [0.4, 0.5) is 18.9 Å². The van der Waals surface area contributed by atoms with Crippen LogP contribution in [0.1, 0.15) is 11.1 Å². The first-order valence-electron chi connectivity index (χ1n) is 12.1. The highest BCUT2D eigenvalue weighted by molar-refractivity contribution is 9.10. The van der Waals surface area contributed by atoms with Gasteiger partial charge in [0.15, 0.2) is 11.0 Å². The molecule has 4 aromatic rings. The third-order valence-electron chi connectivity index (χ3n) is 5.67. The molecule has 1 aliphatic rings. The molecule has 1 aromatic heterocycles. The van der Waals surface area contributed by atoms with Crippen molar-refractivity contribution in [3.05, 3.63) is 88.7 Å². The average molecular weight is 675 g/mol. The Kier molecular flexibility index (Phi) is 8.70. The smallest absolute Gasteiger partial charge is 0.406 e. The third kappa shape index (κ3) is 7.21. The van der Waals surface area contributed by atoms with Gasteiger partial charge in [0, 0.05) is 10.0 Å². The molecule has 15 heteroatoms. The molecule has 1 aliphatic heterocycles. The molecule has 1 saturated heterocycles. The lowest BCUT2D eigenvalue weighted by Gasteiger charge is -2.18. The Bertz CT molecular complexity index is 1690. The number of amides is 1. The SMILES string of the molecule is Cc1ccc(Br)c(N2C(=O)CSC2=NC(=S)N/N=C/c2ccc(-c3ncn(-c4ccc(OC(F)(F)F)cc4)n3)cc2)c1. The number of carbonyl (C=O) groups excluding carboxylic acids is 1. The maximum absolute atomic E-state index is 12.5. The number of carbonyl (C=O) groups is 1. The van der Waals surface area contributed by atoms with Crippen LogP contribution < -0.4 is 15.1 Å². The standard InChI is InChI=1S/C27H19BrF3N7O2S2/c1-16-2-11-21(28)22(12-16)38-23(39)14-42-26(38)34-25(41)35-33-13-17-3-5-18(6-4-17)24-32-15-37(36-24)19-7-9-20(10-8-19)40-27(29,30)31/h2-13,15H,14H2,1H3,(H,35,41)/b33-13+,34-26?. The summed E-state index contributed by atoms with van der Waals surface area (Å²) in [5, 5.41) is 9.10. The van der Waals surface area contributed by atoms with E-state index in [1.54, 1.807) is 18.3 Å². The second-order valence-electron chi connectivity index (χ2n) is 8.72. The van der Waals surface area contributed by atoms with Gasteiger partial charge in [0.1, 0.15) is 12.1 Å². The van der Waals surface area contributed by atoms with Gasteiger partial charge in [0.05, 0.1) is 23.3 Å². The molecule has 1 fully saturated rings. The van der Waals surface area contributed by atoms with Gasteiger partial charge < -0.3 is 4.74 Å². The van der Waals surface area contributed by atoms with Gasteiger partial charge in [0.25, 0.3) is 0 Å². The number of benzene rings is 3. The lowest BCUT2D eigenvalue weighted by Crippen LogP contribution is -2.31. The maximum atomic E-state index is 12.5. The highest BCUT2D eigenvalue weighted by Gasteiger charge is 2.32. The summed E-state index contributed by atoms with van der Waals surface area (Å²) >= 11 is 10.1. The quantitative estimate of drug-likeness (QED) is 0.147. The summed E-state index contributed by atoms with van der Waals surface area (Å²) in [5.74, 6) is 0.270. The molecule has 0 bridgehead atoms. The van der Waals surface area contributed by atoms with E-state index in [0.717, 1.165) is 21.2 Å². The minimum absolute atomic E-state index is 0.0933. The first-order valence-corrected chi connectivity index (χ1v) is 14.3. The number of rotatable bonds is 6. The number of aryl methyl sites for hydroxylation is 1. The highest BCUT2D eigenvalue weighted by atomic mass is 79.9. The number of aromatic nitrogens is 3. The number of thiocarbonyl (C=S) groups is 1. The minimum atomic E-state index is -4.76. The van der Waals surface area contributed by atoms with Crippen LogP contribution in [-0.4, -0.2) is 49.3 Å². The minimum Gasteiger partial charge on any atom is -0.406 e. The van der Waals surface area contributed by atoms with Crippen LogP contribution in [0.15, 0.2) is 87.6 Å². The first-order chi connectivity index (χ1) is 20.1. The molecule has 2 heterocycles. The Morgan fingerprint density at radius 1 is 1.14 bits per heavy atom. The third-order valence-corrected chi connectivity index (χ3v) is 7.45. The zero-order chi connectivity index (χ0) is 29.9. The van der Waals surface area contributed by atoms with E-state index in [9.17, 15) is 18.0 Å². The number of aliphatic imine (C=N–C) groups is 1. The Morgan fingerprint density at radius 3 is 2.60 bits per heavy atom. The van der Waals surface area contributed by atoms with E-state index in [1.165, 1.54) is 51.9 Å². The van der Waals surface area contributed by atoms with Gasteiger partial charge in [-0.15, -0.1) is 18.3 Å².